The summed E-state index contributed by atoms with van der Waals surface area (Å²) in [5, 5.41) is 20.5. The lowest BCUT2D eigenvalue weighted by Gasteiger charge is -2.11. The Kier molecular flexibility index (Phi) is 4.09. The fourth-order valence-electron chi connectivity index (χ4n) is 1.32. The number of carbonyl (C=O) groups excluding carboxylic acids is 1. The number of carbonyl (C=O) groups is 2. The molecule has 0 heterocycles. The van der Waals surface area contributed by atoms with Crippen molar-refractivity contribution in [2.75, 3.05) is 0 Å². The highest BCUT2D eigenvalue weighted by molar-refractivity contribution is 5.98. The molecule has 3 N–H and O–H groups in total. The molecule has 0 aromatic heterocycles. The van der Waals surface area contributed by atoms with Crippen LogP contribution in [0.1, 0.15) is 29.8 Å². The Morgan fingerprint density at radius 2 is 2.06 bits per heavy atom. The Bertz CT molecular complexity index is 442. The van der Waals surface area contributed by atoms with Crippen LogP contribution in [0.3, 0.4) is 0 Å². The first-order valence-electron chi connectivity index (χ1n) is 5.31. The van der Waals surface area contributed by atoms with Crippen molar-refractivity contribution in [3.8, 4) is 5.75 Å². The number of nitrogens with one attached hydrogen (secondary N) is 1. The SMILES string of the molecule is CCc1ccc(O)c(C(=O)N[C@H](C)C(=O)O)c1. The molecule has 0 aliphatic heterocycles. The zero-order valence-electron chi connectivity index (χ0n) is 9.73. The molecule has 1 aromatic carbocycles. The van der Waals surface area contributed by atoms with Crippen molar-refractivity contribution in [2.45, 2.75) is 26.3 Å². The van der Waals surface area contributed by atoms with Gasteiger partial charge >= 0.3 is 5.97 Å². The largest absolute Gasteiger partial charge is 0.507 e. The molecule has 0 unspecified atom stereocenters. The number of phenols is 1. The Balaban J connectivity index is 2.91. The van der Waals surface area contributed by atoms with E-state index in [1.54, 1.807) is 12.1 Å². The minimum absolute atomic E-state index is 0.0949. The van der Waals surface area contributed by atoms with E-state index in [9.17, 15) is 14.7 Å². The Morgan fingerprint density at radius 1 is 1.41 bits per heavy atom. The predicted molar refractivity (Wildman–Crippen MR) is 62.0 cm³/mol. The molecule has 0 saturated carbocycles. The fourth-order valence-corrected chi connectivity index (χ4v) is 1.32. The number of aromatic hydroxyl groups is 1. The number of benzene rings is 1. The molecule has 17 heavy (non-hydrogen) atoms. The molecular formula is C12H15NO4. The van der Waals surface area contributed by atoms with Gasteiger partial charge in [0, 0.05) is 0 Å². The third-order valence-electron chi connectivity index (χ3n) is 2.43. The van der Waals surface area contributed by atoms with E-state index in [4.69, 9.17) is 5.11 Å². The van der Waals surface area contributed by atoms with Gasteiger partial charge < -0.3 is 15.5 Å². The molecule has 0 aliphatic carbocycles. The smallest absolute Gasteiger partial charge is 0.325 e. The molecule has 1 amide bonds. The molecule has 0 spiro atoms. The molecule has 1 rings (SSSR count). The topological polar surface area (TPSA) is 86.6 Å². The highest BCUT2D eigenvalue weighted by Gasteiger charge is 2.17. The summed E-state index contributed by atoms with van der Waals surface area (Å²) >= 11 is 0. The number of hydrogen-bond acceptors (Lipinski definition) is 3. The second-order valence-electron chi connectivity index (χ2n) is 3.74. The van der Waals surface area contributed by atoms with Crippen LogP contribution in [0, 0.1) is 0 Å². The van der Waals surface area contributed by atoms with Crippen LogP contribution in [0.15, 0.2) is 18.2 Å². The van der Waals surface area contributed by atoms with E-state index in [0.717, 1.165) is 12.0 Å². The van der Waals surface area contributed by atoms with Gasteiger partial charge in [-0.15, -0.1) is 0 Å². The molecule has 0 bridgehead atoms. The summed E-state index contributed by atoms with van der Waals surface area (Å²) in [7, 11) is 0. The third kappa shape index (κ3) is 3.21. The van der Waals surface area contributed by atoms with E-state index in [0.29, 0.717) is 0 Å². The van der Waals surface area contributed by atoms with Crippen LogP contribution in [0.4, 0.5) is 0 Å². The first kappa shape index (κ1) is 13.0. The molecule has 0 radical (unpaired) electrons. The number of amides is 1. The van der Waals surface area contributed by atoms with Crippen LogP contribution in [0.2, 0.25) is 0 Å². The van der Waals surface area contributed by atoms with Crippen LogP contribution in [-0.2, 0) is 11.2 Å². The van der Waals surface area contributed by atoms with Gasteiger partial charge in [0.25, 0.3) is 5.91 Å². The Hall–Kier alpha value is -2.04. The van der Waals surface area contributed by atoms with Gasteiger partial charge in [-0.25, -0.2) is 0 Å². The fraction of sp³-hybridized carbons (Fsp3) is 0.333. The monoisotopic (exact) mass is 237 g/mol. The number of carboxylic acid groups (broad SMARTS) is 1. The maximum absolute atomic E-state index is 11.7. The van der Waals surface area contributed by atoms with Crippen molar-refractivity contribution in [3.63, 3.8) is 0 Å². The third-order valence-corrected chi connectivity index (χ3v) is 2.43. The van der Waals surface area contributed by atoms with Crippen molar-refractivity contribution in [1.29, 1.82) is 0 Å². The lowest BCUT2D eigenvalue weighted by Crippen LogP contribution is -2.38. The number of aliphatic carboxylic acids is 1. The van der Waals surface area contributed by atoms with Crippen molar-refractivity contribution in [2.24, 2.45) is 0 Å². The van der Waals surface area contributed by atoms with Crippen molar-refractivity contribution in [1.82, 2.24) is 5.32 Å². The van der Waals surface area contributed by atoms with E-state index in [1.807, 2.05) is 6.92 Å². The van der Waals surface area contributed by atoms with Crippen LogP contribution in [-0.4, -0.2) is 28.1 Å². The summed E-state index contributed by atoms with van der Waals surface area (Å²) in [4.78, 5) is 22.3. The second-order valence-corrected chi connectivity index (χ2v) is 3.74. The van der Waals surface area contributed by atoms with Gasteiger partial charge in [0.1, 0.15) is 11.8 Å². The zero-order valence-corrected chi connectivity index (χ0v) is 9.73. The Labute approximate surface area is 99.1 Å². The molecule has 1 atom stereocenters. The normalized spacial score (nSPS) is 11.9. The van der Waals surface area contributed by atoms with Gasteiger partial charge in [0.2, 0.25) is 0 Å². The predicted octanol–water partition coefficient (Wildman–Crippen LogP) is 1.16. The van der Waals surface area contributed by atoms with Crippen molar-refractivity contribution in [3.05, 3.63) is 29.3 Å². The van der Waals surface area contributed by atoms with E-state index < -0.39 is 17.9 Å². The molecule has 5 nitrogen and oxygen atoms in total. The summed E-state index contributed by atoms with van der Waals surface area (Å²) < 4.78 is 0. The number of phenolic OH excluding ortho intramolecular Hbond substituents is 1. The van der Waals surface area contributed by atoms with E-state index in [2.05, 4.69) is 5.32 Å². The summed E-state index contributed by atoms with van der Waals surface area (Å²) in [6, 6.07) is 3.71. The van der Waals surface area contributed by atoms with Crippen LogP contribution in [0.5, 0.6) is 5.75 Å². The summed E-state index contributed by atoms with van der Waals surface area (Å²) in [6.07, 6.45) is 0.731. The Morgan fingerprint density at radius 3 is 2.59 bits per heavy atom. The van der Waals surface area contributed by atoms with Crippen molar-refractivity contribution >= 4 is 11.9 Å². The molecular weight excluding hydrogens is 222 g/mol. The molecule has 5 heteroatoms. The average Bonchev–Trinajstić information content (AvgIpc) is 2.29. The van der Waals surface area contributed by atoms with E-state index in [1.165, 1.54) is 13.0 Å². The highest BCUT2D eigenvalue weighted by atomic mass is 16.4. The zero-order chi connectivity index (χ0) is 13.0. The highest BCUT2D eigenvalue weighted by Crippen LogP contribution is 2.18. The molecule has 1 aromatic rings. The molecule has 0 aliphatic rings. The van der Waals surface area contributed by atoms with Gasteiger partial charge in [-0.1, -0.05) is 13.0 Å². The maximum atomic E-state index is 11.7. The lowest BCUT2D eigenvalue weighted by molar-refractivity contribution is -0.138. The number of rotatable bonds is 4. The first-order chi connectivity index (χ1) is 7.95. The molecule has 0 fully saturated rings. The van der Waals surface area contributed by atoms with Crippen molar-refractivity contribution < 1.29 is 19.8 Å². The van der Waals surface area contributed by atoms with Gasteiger partial charge in [0.05, 0.1) is 5.56 Å². The number of carboxylic acids is 1. The van der Waals surface area contributed by atoms with Gasteiger partial charge in [-0.3, -0.25) is 9.59 Å². The minimum atomic E-state index is -1.12. The minimum Gasteiger partial charge on any atom is -0.507 e. The van der Waals surface area contributed by atoms with Gasteiger partial charge in [0.15, 0.2) is 0 Å². The quantitative estimate of drug-likeness (QED) is 0.733. The van der Waals surface area contributed by atoms with Gasteiger partial charge in [-0.05, 0) is 31.0 Å². The summed E-state index contributed by atoms with van der Waals surface area (Å²) in [5.41, 5.74) is 0.994. The van der Waals surface area contributed by atoms with Gasteiger partial charge in [-0.2, -0.15) is 0 Å². The second kappa shape index (κ2) is 5.34. The van der Waals surface area contributed by atoms with E-state index in [-0.39, 0.29) is 11.3 Å². The standard InChI is InChI=1S/C12H15NO4/c1-3-8-4-5-10(14)9(6-8)11(15)13-7(2)12(16)17/h4-7,14H,3H2,1-2H3,(H,13,15)(H,16,17)/t7-/m1/s1. The lowest BCUT2D eigenvalue weighted by atomic mass is 10.1. The summed E-state index contributed by atoms with van der Waals surface area (Å²) in [6.45, 7) is 3.29. The number of aryl methyl sites for hydroxylation is 1. The van der Waals surface area contributed by atoms with Crippen LogP contribution >= 0.6 is 0 Å². The average molecular weight is 237 g/mol. The van der Waals surface area contributed by atoms with Crippen LogP contribution < -0.4 is 5.32 Å². The summed E-state index contributed by atoms with van der Waals surface area (Å²) in [5.74, 6) is -1.87. The molecule has 92 valence electrons. The molecule has 0 saturated heterocycles. The number of hydrogen-bond donors (Lipinski definition) is 3. The maximum Gasteiger partial charge on any atom is 0.325 e. The first-order valence-corrected chi connectivity index (χ1v) is 5.31. The van der Waals surface area contributed by atoms with E-state index >= 15 is 0 Å². The van der Waals surface area contributed by atoms with Crippen LogP contribution in [0.25, 0.3) is 0 Å².